The summed E-state index contributed by atoms with van der Waals surface area (Å²) in [6.45, 7) is 5.52. The van der Waals surface area contributed by atoms with Crippen molar-refractivity contribution in [2.75, 3.05) is 23.9 Å². The van der Waals surface area contributed by atoms with Crippen LogP contribution in [-0.4, -0.2) is 35.0 Å². The van der Waals surface area contributed by atoms with Crippen LogP contribution in [0.15, 0.2) is 47.2 Å². The Bertz CT molecular complexity index is 1130. The molecule has 2 aromatic carbocycles. The number of anilines is 3. The van der Waals surface area contributed by atoms with Crippen molar-refractivity contribution in [3.63, 3.8) is 0 Å². The minimum Gasteiger partial charge on any atom is -0.465 e. The predicted octanol–water partition coefficient (Wildman–Crippen LogP) is 7.29. The second-order valence-electron chi connectivity index (χ2n) is 9.10. The van der Waals surface area contributed by atoms with Crippen LogP contribution in [0.5, 0.6) is 0 Å². The van der Waals surface area contributed by atoms with Crippen LogP contribution in [0, 0.1) is 5.92 Å². The summed E-state index contributed by atoms with van der Waals surface area (Å²) in [5.74, 6) is 0.191. The maximum Gasteiger partial charge on any atom is 0.338 e. The average Bonchev–Trinajstić information content (AvgIpc) is 3.27. The molecule has 1 fully saturated rings. The molecule has 1 aromatic heterocycles. The molecule has 4 rings (SSSR count). The number of methoxy groups -OCH3 is 1. The molecule has 1 aliphatic carbocycles. The van der Waals surface area contributed by atoms with Gasteiger partial charge in [0.15, 0.2) is 0 Å². The second kappa shape index (κ2) is 11.3. The van der Waals surface area contributed by atoms with E-state index < -0.39 is 0 Å². The van der Waals surface area contributed by atoms with Gasteiger partial charge >= 0.3 is 5.97 Å². The minimum absolute atomic E-state index is 0.342. The van der Waals surface area contributed by atoms with Crippen molar-refractivity contribution in [1.82, 2.24) is 9.36 Å². The first kappa shape index (κ1) is 24.7. The maximum absolute atomic E-state index is 12.4. The number of benzene rings is 2. The van der Waals surface area contributed by atoms with Gasteiger partial charge in [0.05, 0.1) is 24.0 Å². The Morgan fingerprint density at radius 2 is 1.97 bits per heavy atom. The highest BCUT2D eigenvalue weighted by atomic mass is 79.9. The van der Waals surface area contributed by atoms with Crippen molar-refractivity contribution < 1.29 is 9.53 Å². The van der Waals surface area contributed by atoms with Gasteiger partial charge in [-0.05, 0) is 64.0 Å². The van der Waals surface area contributed by atoms with E-state index in [4.69, 9.17) is 4.74 Å². The van der Waals surface area contributed by atoms with Crippen LogP contribution in [0.2, 0.25) is 0 Å². The molecule has 0 amide bonds. The van der Waals surface area contributed by atoms with E-state index in [-0.39, 0.29) is 5.97 Å². The molecule has 0 atom stereocenters. The van der Waals surface area contributed by atoms with Crippen LogP contribution in [0.3, 0.4) is 0 Å². The lowest BCUT2D eigenvalue weighted by Gasteiger charge is -2.38. The van der Waals surface area contributed by atoms with Gasteiger partial charge in [0.1, 0.15) is 0 Å². The SMILES string of the molecule is COC(=O)c1ccccc1-c1ccc(N(CC(C)C)C2CCCCC2)c(Nc2nc(Br)ns2)c1. The first-order chi connectivity index (χ1) is 16.5. The van der Waals surface area contributed by atoms with Crippen LogP contribution >= 0.6 is 27.5 Å². The molecule has 1 N–H and O–H groups in total. The Labute approximate surface area is 214 Å². The molecule has 0 radical (unpaired) electrons. The van der Waals surface area contributed by atoms with Crippen molar-refractivity contribution in [1.29, 1.82) is 0 Å². The third kappa shape index (κ3) is 5.78. The average molecular weight is 544 g/mol. The molecule has 1 aliphatic rings. The van der Waals surface area contributed by atoms with Gasteiger partial charge in [-0.1, -0.05) is 57.4 Å². The van der Waals surface area contributed by atoms with E-state index in [2.05, 4.69) is 67.6 Å². The van der Waals surface area contributed by atoms with Crippen molar-refractivity contribution >= 4 is 49.9 Å². The lowest BCUT2D eigenvalue weighted by Crippen LogP contribution is -2.39. The first-order valence-electron chi connectivity index (χ1n) is 11.8. The number of carbonyl (C=O) groups is 1. The maximum atomic E-state index is 12.4. The molecule has 0 bridgehead atoms. The summed E-state index contributed by atoms with van der Waals surface area (Å²) in [5, 5.41) is 4.24. The van der Waals surface area contributed by atoms with Gasteiger partial charge in [-0.3, -0.25) is 0 Å². The van der Waals surface area contributed by atoms with E-state index >= 15 is 0 Å². The summed E-state index contributed by atoms with van der Waals surface area (Å²) in [7, 11) is 1.41. The third-order valence-corrected chi connectivity index (χ3v) is 7.39. The molecule has 0 aliphatic heterocycles. The quantitative estimate of drug-likeness (QED) is 0.301. The highest BCUT2D eigenvalue weighted by Gasteiger charge is 2.25. The summed E-state index contributed by atoms with van der Waals surface area (Å²) in [6.07, 6.45) is 6.29. The first-order valence-corrected chi connectivity index (χ1v) is 13.4. The summed E-state index contributed by atoms with van der Waals surface area (Å²) in [6, 6.07) is 14.5. The fraction of sp³-hybridized carbons (Fsp3) is 0.423. The Morgan fingerprint density at radius 3 is 2.65 bits per heavy atom. The topological polar surface area (TPSA) is 67.3 Å². The van der Waals surface area contributed by atoms with E-state index in [0.717, 1.165) is 34.2 Å². The third-order valence-electron chi connectivity index (χ3n) is 6.17. The Balaban J connectivity index is 1.80. The smallest absolute Gasteiger partial charge is 0.338 e. The molecule has 0 unspecified atom stereocenters. The molecule has 3 aromatic rings. The number of nitrogens with zero attached hydrogens (tertiary/aromatic N) is 3. The zero-order chi connectivity index (χ0) is 24.1. The lowest BCUT2D eigenvalue weighted by atomic mass is 9.92. The number of halogens is 1. The number of ether oxygens (including phenoxy) is 1. The van der Waals surface area contributed by atoms with Gasteiger partial charge in [-0.25, -0.2) is 4.79 Å². The summed E-state index contributed by atoms with van der Waals surface area (Å²) in [4.78, 5) is 19.5. The molecule has 34 heavy (non-hydrogen) atoms. The predicted molar refractivity (Wildman–Crippen MR) is 143 cm³/mol. The monoisotopic (exact) mass is 542 g/mol. The van der Waals surface area contributed by atoms with E-state index in [1.54, 1.807) is 6.07 Å². The Kier molecular flexibility index (Phi) is 8.21. The Morgan fingerprint density at radius 1 is 1.21 bits per heavy atom. The summed E-state index contributed by atoms with van der Waals surface area (Å²) < 4.78 is 9.86. The molecular weight excluding hydrogens is 512 g/mol. The van der Waals surface area contributed by atoms with Crippen molar-refractivity contribution in [3.8, 4) is 11.1 Å². The normalized spacial score (nSPS) is 14.3. The van der Waals surface area contributed by atoms with Gasteiger partial charge in [0.25, 0.3) is 0 Å². The highest BCUT2D eigenvalue weighted by Crippen LogP contribution is 2.38. The largest absolute Gasteiger partial charge is 0.465 e. The molecule has 1 heterocycles. The zero-order valence-corrected chi connectivity index (χ0v) is 22.3. The van der Waals surface area contributed by atoms with E-state index in [9.17, 15) is 4.79 Å². The minimum atomic E-state index is -0.342. The molecule has 0 spiro atoms. The van der Waals surface area contributed by atoms with E-state index in [1.807, 2.05) is 18.2 Å². The molecule has 1 saturated carbocycles. The van der Waals surface area contributed by atoms with Crippen LogP contribution in [-0.2, 0) is 4.74 Å². The summed E-state index contributed by atoms with van der Waals surface area (Å²) in [5.41, 5.74) is 4.46. The number of hydrogen-bond donors (Lipinski definition) is 1. The van der Waals surface area contributed by atoms with Crippen LogP contribution in [0.1, 0.15) is 56.3 Å². The van der Waals surface area contributed by atoms with Gasteiger partial charge in [-0.2, -0.15) is 9.36 Å². The molecule has 180 valence electrons. The fourth-order valence-corrected chi connectivity index (χ4v) is 5.68. The number of esters is 1. The fourth-order valence-electron chi connectivity index (χ4n) is 4.68. The summed E-state index contributed by atoms with van der Waals surface area (Å²) >= 11 is 4.68. The number of hydrogen-bond acceptors (Lipinski definition) is 7. The highest BCUT2D eigenvalue weighted by molar-refractivity contribution is 9.10. The molecule has 8 heteroatoms. The lowest BCUT2D eigenvalue weighted by molar-refractivity contribution is 0.0601. The second-order valence-corrected chi connectivity index (χ2v) is 10.6. The van der Waals surface area contributed by atoms with E-state index in [0.29, 0.717) is 22.3 Å². The molecule has 0 saturated heterocycles. The van der Waals surface area contributed by atoms with Gasteiger partial charge in [0.2, 0.25) is 9.87 Å². The molecule has 6 nitrogen and oxygen atoms in total. The zero-order valence-electron chi connectivity index (χ0n) is 19.9. The van der Waals surface area contributed by atoms with Crippen LogP contribution < -0.4 is 10.2 Å². The van der Waals surface area contributed by atoms with E-state index in [1.165, 1.54) is 50.7 Å². The number of aromatic nitrogens is 2. The number of nitrogens with one attached hydrogen (secondary N) is 1. The van der Waals surface area contributed by atoms with Crippen LogP contribution in [0.4, 0.5) is 16.5 Å². The molecular formula is C26H31BrN4O2S. The van der Waals surface area contributed by atoms with Gasteiger partial charge in [-0.15, -0.1) is 0 Å². The van der Waals surface area contributed by atoms with Gasteiger partial charge in [0, 0.05) is 24.1 Å². The Hall–Kier alpha value is -2.45. The van der Waals surface area contributed by atoms with Crippen molar-refractivity contribution in [2.24, 2.45) is 5.92 Å². The van der Waals surface area contributed by atoms with Crippen molar-refractivity contribution in [3.05, 3.63) is 52.8 Å². The number of carbonyl (C=O) groups excluding carboxylic acids is 1. The van der Waals surface area contributed by atoms with Crippen molar-refractivity contribution in [2.45, 2.75) is 52.0 Å². The van der Waals surface area contributed by atoms with Gasteiger partial charge < -0.3 is 15.0 Å². The van der Waals surface area contributed by atoms with Crippen LogP contribution in [0.25, 0.3) is 11.1 Å². The standard InChI is InChI=1S/C26H31BrN4O2S/c1-17(2)16-31(19-9-5-4-6-10-19)23-14-13-18(15-22(23)28-26-29-25(27)30-34-26)20-11-7-8-12-21(20)24(32)33-3/h7-8,11-15,17,19H,4-6,9-10,16H2,1-3H3,(H,28,29,30). The number of rotatable bonds is 8.